The number of rotatable bonds is 3. The fourth-order valence-electron chi connectivity index (χ4n) is 2.66. The number of carboxylic acids is 1. The third-order valence-corrected chi connectivity index (χ3v) is 3.92. The summed E-state index contributed by atoms with van der Waals surface area (Å²) in [4.78, 5) is 11.5. The van der Waals surface area contributed by atoms with Crippen molar-refractivity contribution >= 4 is 5.97 Å². The minimum absolute atomic E-state index is 0. The Morgan fingerprint density at radius 1 is 1.04 bits per heavy atom. The number of halogens is 1. The fraction of sp³-hybridized carbons (Fsp3) is 0.111. The van der Waals surface area contributed by atoms with Gasteiger partial charge in [-0.1, -0.05) is 36.4 Å². The van der Waals surface area contributed by atoms with E-state index in [1.165, 1.54) is 0 Å². The van der Waals surface area contributed by atoms with Crippen LogP contribution in [-0.2, 0) is 14.1 Å². The summed E-state index contributed by atoms with van der Waals surface area (Å²) < 4.78 is 3.98. The van der Waals surface area contributed by atoms with Gasteiger partial charge in [0, 0.05) is 17.2 Å². The maximum absolute atomic E-state index is 11.5. The molecule has 4 nitrogen and oxygen atoms in total. The number of hydrogen-bond acceptors (Lipinski definition) is 1. The minimum atomic E-state index is -0.916. The highest BCUT2D eigenvalue weighted by Crippen LogP contribution is 2.27. The van der Waals surface area contributed by atoms with Crippen molar-refractivity contribution in [1.29, 1.82) is 0 Å². The topological polar surface area (TPSA) is 46.1 Å². The summed E-state index contributed by atoms with van der Waals surface area (Å²) in [5, 5.41) is 9.39. The number of aromatic carboxylic acids is 1. The van der Waals surface area contributed by atoms with Gasteiger partial charge in [-0.05, 0) is 18.2 Å². The van der Waals surface area contributed by atoms with Crippen molar-refractivity contribution < 1.29 is 38.6 Å². The van der Waals surface area contributed by atoms with E-state index in [0.717, 1.165) is 22.5 Å². The molecule has 0 saturated carbocycles. The quantitative estimate of drug-likeness (QED) is 0.475. The van der Waals surface area contributed by atoms with Gasteiger partial charge in [-0.15, -0.1) is 4.68 Å². The van der Waals surface area contributed by atoms with Crippen LogP contribution in [0.2, 0.25) is 0 Å². The molecular weight excluding hydrogens is 403 g/mol. The highest BCUT2D eigenvalue weighted by atomic mass is 127. The standard InChI is InChI=1S/C18H16N2O2.HI/c1-19-16(13-8-4-3-5-9-13)12-17(20(19)2)14-10-6-7-11-15(14)18(21)22;/h3-12H,1-2H3;1H. The van der Waals surface area contributed by atoms with Crippen molar-refractivity contribution in [3.63, 3.8) is 0 Å². The number of nitrogens with zero attached hydrogens (tertiary/aromatic N) is 2. The predicted octanol–water partition coefficient (Wildman–Crippen LogP) is -0.114. The van der Waals surface area contributed by atoms with Crippen molar-refractivity contribution in [1.82, 2.24) is 4.68 Å². The summed E-state index contributed by atoms with van der Waals surface area (Å²) in [5.41, 5.74) is 4.04. The molecule has 1 aromatic heterocycles. The Morgan fingerprint density at radius 2 is 1.65 bits per heavy atom. The van der Waals surface area contributed by atoms with Crippen molar-refractivity contribution in [3.05, 3.63) is 66.2 Å². The molecule has 3 rings (SSSR count). The summed E-state index contributed by atoms with van der Waals surface area (Å²) in [5.74, 6) is -0.916. The molecule has 0 saturated heterocycles. The number of carboxylic acid groups (broad SMARTS) is 1. The number of hydrogen-bond donors (Lipinski definition) is 1. The third-order valence-electron chi connectivity index (χ3n) is 3.92. The van der Waals surface area contributed by atoms with Crippen molar-refractivity contribution in [2.24, 2.45) is 14.1 Å². The zero-order chi connectivity index (χ0) is 15.7. The molecule has 0 spiro atoms. The van der Waals surface area contributed by atoms with E-state index in [9.17, 15) is 9.90 Å². The van der Waals surface area contributed by atoms with E-state index >= 15 is 0 Å². The van der Waals surface area contributed by atoms with Crippen LogP contribution in [-0.4, -0.2) is 15.8 Å². The Bertz CT molecular complexity index is 841. The molecule has 0 bridgehead atoms. The lowest BCUT2D eigenvalue weighted by Gasteiger charge is -2.04. The van der Waals surface area contributed by atoms with Gasteiger partial charge < -0.3 is 29.1 Å². The van der Waals surface area contributed by atoms with E-state index in [1.54, 1.807) is 12.1 Å². The second-order valence-corrected chi connectivity index (χ2v) is 5.18. The van der Waals surface area contributed by atoms with Crippen LogP contribution in [0.1, 0.15) is 10.4 Å². The first-order valence-corrected chi connectivity index (χ1v) is 7.03. The Labute approximate surface area is 152 Å². The monoisotopic (exact) mass is 420 g/mol. The Kier molecular flexibility index (Phi) is 5.20. The van der Waals surface area contributed by atoms with Gasteiger partial charge in [-0.25, -0.2) is 4.79 Å². The van der Waals surface area contributed by atoms with Crippen LogP contribution in [0.4, 0.5) is 0 Å². The van der Waals surface area contributed by atoms with Crippen LogP contribution in [0, 0.1) is 0 Å². The smallest absolute Gasteiger partial charge is 0.336 e. The number of aromatic nitrogens is 2. The van der Waals surface area contributed by atoms with E-state index in [1.807, 2.05) is 72.0 Å². The molecule has 118 valence electrons. The van der Waals surface area contributed by atoms with Crippen LogP contribution in [0.5, 0.6) is 0 Å². The van der Waals surface area contributed by atoms with Gasteiger partial charge >= 0.3 is 5.97 Å². The van der Waals surface area contributed by atoms with E-state index in [2.05, 4.69) is 0 Å². The van der Waals surface area contributed by atoms with Gasteiger partial charge in [0.25, 0.3) is 0 Å². The van der Waals surface area contributed by atoms with E-state index in [4.69, 9.17) is 0 Å². The summed E-state index contributed by atoms with van der Waals surface area (Å²) in [6, 6.07) is 19.2. The lowest BCUT2D eigenvalue weighted by atomic mass is 10.0. The largest absolute Gasteiger partial charge is 1.00 e. The Morgan fingerprint density at radius 3 is 2.30 bits per heavy atom. The lowest BCUT2D eigenvalue weighted by Crippen LogP contribution is -3.00. The van der Waals surface area contributed by atoms with Crippen LogP contribution >= 0.6 is 0 Å². The maximum atomic E-state index is 11.5. The van der Waals surface area contributed by atoms with E-state index < -0.39 is 5.97 Å². The van der Waals surface area contributed by atoms with Gasteiger partial charge in [0.15, 0.2) is 7.05 Å². The molecule has 0 aliphatic rings. The van der Waals surface area contributed by atoms with Crippen molar-refractivity contribution in [3.8, 4) is 22.5 Å². The molecular formula is C18H17IN2O2. The van der Waals surface area contributed by atoms with Crippen LogP contribution in [0.25, 0.3) is 22.5 Å². The summed E-state index contributed by atoms with van der Waals surface area (Å²) in [6.45, 7) is 0. The normalized spacial score (nSPS) is 10.2. The van der Waals surface area contributed by atoms with Gasteiger partial charge in [-0.2, -0.15) is 4.68 Å². The molecule has 5 heteroatoms. The SMILES string of the molecule is Cn1c(-c2ccccc2C(=O)O)cc(-c2ccccc2)[n+]1C.[I-]. The molecule has 1 heterocycles. The van der Waals surface area contributed by atoms with Gasteiger partial charge in [0.2, 0.25) is 5.69 Å². The highest BCUT2D eigenvalue weighted by molar-refractivity contribution is 5.95. The molecule has 2 aromatic carbocycles. The maximum Gasteiger partial charge on any atom is 0.336 e. The Hall–Kier alpha value is -2.15. The zero-order valence-corrected chi connectivity index (χ0v) is 15.1. The molecule has 1 N–H and O–H groups in total. The van der Waals surface area contributed by atoms with Crippen molar-refractivity contribution in [2.45, 2.75) is 0 Å². The van der Waals surface area contributed by atoms with Crippen LogP contribution in [0.15, 0.2) is 60.7 Å². The van der Waals surface area contributed by atoms with E-state index in [-0.39, 0.29) is 24.0 Å². The average Bonchev–Trinajstić information content (AvgIpc) is 2.84. The lowest BCUT2D eigenvalue weighted by molar-refractivity contribution is -0.740. The fourth-order valence-corrected chi connectivity index (χ4v) is 2.66. The Balaban J connectivity index is 0.00000192. The highest BCUT2D eigenvalue weighted by Gasteiger charge is 2.22. The average molecular weight is 420 g/mol. The zero-order valence-electron chi connectivity index (χ0n) is 12.9. The summed E-state index contributed by atoms with van der Waals surface area (Å²) >= 11 is 0. The van der Waals surface area contributed by atoms with Gasteiger partial charge in [-0.3, -0.25) is 0 Å². The van der Waals surface area contributed by atoms with Crippen LogP contribution < -0.4 is 28.7 Å². The van der Waals surface area contributed by atoms with E-state index in [0.29, 0.717) is 5.56 Å². The molecule has 0 atom stereocenters. The number of carbonyl (C=O) groups is 1. The molecule has 3 aromatic rings. The third kappa shape index (κ3) is 3.14. The first kappa shape index (κ1) is 17.2. The molecule has 0 amide bonds. The first-order valence-electron chi connectivity index (χ1n) is 7.03. The molecule has 0 aliphatic heterocycles. The minimum Gasteiger partial charge on any atom is -1.00 e. The molecule has 0 radical (unpaired) electrons. The molecule has 23 heavy (non-hydrogen) atoms. The second kappa shape index (κ2) is 6.95. The van der Waals surface area contributed by atoms with Gasteiger partial charge in [0.1, 0.15) is 5.69 Å². The summed E-state index contributed by atoms with van der Waals surface area (Å²) in [7, 11) is 3.90. The van der Waals surface area contributed by atoms with Crippen LogP contribution in [0.3, 0.4) is 0 Å². The van der Waals surface area contributed by atoms with Crippen molar-refractivity contribution in [2.75, 3.05) is 0 Å². The molecule has 0 aliphatic carbocycles. The number of benzene rings is 2. The first-order chi connectivity index (χ1) is 10.6. The second-order valence-electron chi connectivity index (χ2n) is 5.18. The molecule has 0 unspecified atom stereocenters. The predicted molar refractivity (Wildman–Crippen MR) is 84.4 cm³/mol. The summed E-state index contributed by atoms with van der Waals surface area (Å²) in [6.07, 6.45) is 0. The molecule has 0 fully saturated rings. The van der Waals surface area contributed by atoms with Gasteiger partial charge in [0.05, 0.1) is 12.6 Å².